The SMILES string of the molecule is CCCN(CCC)c1cc2nc(Nc3ccccc3C(F)(F)F)[nH]c2cc1C(=O)O. The molecule has 6 nitrogen and oxygen atoms in total. The highest BCUT2D eigenvalue weighted by Crippen LogP contribution is 2.36. The van der Waals surface area contributed by atoms with Crippen LogP contribution in [0.15, 0.2) is 36.4 Å². The number of imidazole rings is 1. The molecule has 0 aliphatic rings. The molecule has 0 amide bonds. The molecule has 0 radical (unpaired) electrons. The number of carbonyl (C=O) groups is 1. The highest BCUT2D eigenvalue weighted by molar-refractivity contribution is 6.00. The Morgan fingerprint density at radius 3 is 2.43 bits per heavy atom. The standard InChI is InChI=1S/C21H23F3N4O2/c1-3-9-28(10-4-2)18-12-17-16(11-13(18)19(29)30)26-20(27-17)25-15-8-6-5-7-14(15)21(22,23)24/h5-8,11-12H,3-4,9-10H2,1-2H3,(H,29,30)(H2,25,26,27). The van der Waals surface area contributed by atoms with Crippen molar-refractivity contribution >= 4 is 34.3 Å². The molecular formula is C21H23F3N4O2. The van der Waals surface area contributed by atoms with E-state index in [2.05, 4.69) is 15.3 Å². The minimum Gasteiger partial charge on any atom is -0.478 e. The van der Waals surface area contributed by atoms with Gasteiger partial charge in [-0.3, -0.25) is 0 Å². The van der Waals surface area contributed by atoms with E-state index in [0.717, 1.165) is 18.9 Å². The van der Waals surface area contributed by atoms with E-state index < -0.39 is 17.7 Å². The fourth-order valence-corrected chi connectivity index (χ4v) is 3.40. The minimum absolute atomic E-state index is 0.104. The maximum absolute atomic E-state index is 13.2. The van der Waals surface area contributed by atoms with Crippen LogP contribution in [0, 0.1) is 0 Å². The van der Waals surface area contributed by atoms with Gasteiger partial charge < -0.3 is 20.3 Å². The molecule has 3 N–H and O–H groups in total. The van der Waals surface area contributed by atoms with E-state index in [0.29, 0.717) is 29.8 Å². The van der Waals surface area contributed by atoms with Gasteiger partial charge in [-0.1, -0.05) is 26.0 Å². The van der Waals surface area contributed by atoms with Crippen molar-refractivity contribution in [2.45, 2.75) is 32.9 Å². The van der Waals surface area contributed by atoms with E-state index in [1.165, 1.54) is 24.3 Å². The van der Waals surface area contributed by atoms with Crippen LogP contribution in [0.2, 0.25) is 0 Å². The number of carboxylic acids is 1. The van der Waals surface area contributed by atoms with Crippen LogP contribution in [0.5, 0.6) is 0 Å². The molecule has 0 bridgehead atoms. The molecule has 1 heterocycles. The number of nitrogens with one attached hydrogen (secondary N) is 2. The number of aromatic nitrogens is 2. The fourth-order valence-electron chi connectivity index (χ4n) is 3.40. The lowest BCUT2D eigenvalue weighted by Gasteiger charge is -2.25. The first-order valence-corrected chi connectivity index (χ1v) is 9.69. The van der Waals surface area contributed by atoms with Crippen molar-refractivity contribution in [3.8, 4) is 0 Å². The summed E-state index contributed by atoms with van der Waals surface area (Å²) in [4.78, 5) is 21.0. The number of anilines is 3. The summed E-state index contributed by atoms with van der Waals surface area (Å²) in [6.45, 7) is 5.40. The Labute approximate surface area is 171 Å². The van der Waals surface area contributed by atoms with Gasteiger partial charge in [0.25, 0.3) is 0 Å². The molecule has 30 heavy (non-hydrogen) atoms. The highest BCUT2D eigenvalue weighted by Gasteiger charge is 2.33. The number of H-pyrrole nitrogens is 1. The third-order valence-electron chi connectivity index (χ3n) is 4.64. The maximum atomic E-state index is 13.2. The van der Waals surface area contributed by atoms with Gasteiger partial charge in [0, 0.05) is 13.1 Å². The molecular weight excluding hydrogens is 397 g/mol. The van der Waals surface area contributed by atoms with Gasteiger partial charge in [0.15, 0.2) is 0 Å². The second-order valence-electron chi connectivity index (χ2n) is 6.93. The summed E-state index contributed by atoms with van der Waals surface area (Å²) < 4.78 is 39.7. The Morgan fingerprint density at radius 1 is 1.17 bits per heavy atom. The lowest BCUT2D eigenvalue weighted by molar-refractivity contribution is -0.136. The summed E-state index contributed by atoms with van der Waals surface area (Å²) in [5, 5.41) is 12.3. The predicted molar refractivity (Wildman–Crippen MR) is 111 cm³/mol. The van der Waals surface area contributed by atoms with Gasteiger partial charge in [-0.2, -0.15) is 13.2 Å². The van der Waals surface area contributed by atoms with Crippen LogP contribution >= 0.6 is 0 Å². The van der Waals surface area contributed by atoms with Crippen molar-refractivity contribution in [1.82, 2.24) is 9.97 Å². The molecule has 2 aromatic carbocycles. The average Bonchev–Trinajstić information content (AvgIpc) is 3.07. The molecule has 1 aromatic heterocycles. The molecule has 0 spiro atoms. The summed E-state index contributed by atoms with van der Waals surface area (Å²) in [7, 11) is 0. The molecule has 0 fully saturated rings. The van der Waals surface area contributed by atoms with Crippen molar-refractivity contribution in [2.24, 2.45) is 0 Å². The van der Waals surface area contributed by atoms with E-state index in [-0.39, 0.29) is 17.2 Å². The topological polar surface area (TPSA) is 81.2 Å². The van der Waals surface area contributed by atoms with Crippen molar-refractivity contribution in [3.63, 3.8) is 0 Å². The number of benzene rings is 2. The van der Waals surface area contributed by atoms with Crippen molar-refractivity contribution in [1.29, 1.82) is 0 Å². The summed E-state index contributed by atoms with van der Waals surface area (Å²) >= 11 is 0. The van der Waals surface area contributed by atoms with E-state index in [1.807, 2.05) is 18.7 Å². The van der Waals surface area contributed by atoms with Crippen LogP contribution in [0.3, 0.4) is 0 Å². The Kier molecular flexibility index (Phi) is 6.19. The summed E-state index contributed by atoms with van der Waals surface area (Å²) in [5.74, 6) is -0.969. The van der Waals surface area contributed by atoms with Crippen LogP contribution in [-0.4, -0.2) is 34.1 Å². The normalized spacial score (nSPS) is 11.6. The van der Waals surface area contributed by atoms with Crippen LogP contribution < -0.4 is 10.2 Å². The lowest BCUT2D eigenvalue weighted by Crippen LogP contribution is -2.26. The molecule has 160 valence electrons. The molecule has 0 saturated carbocycles. The van der Waals surface area contributed by atoms with Gasteiger partial charge in [0.2, 0.25) is 5.95 Å². The van der Waals surface area contributed by atoms with E-state index in [9.17, 15) is 23.1 Å². The number of alkyl halides is 3. The third-order valence-corrected chi connectivity index (χ3v) is 4.64. The second-order valence-corrected chi connectivity index (χ2v) is 6.93. The maximum Gasteiger partial charge on any atom is 0.418 e. The molecule has 3 rings (SSSR count). The number of hydrogen-bond donors (Lipinski definition) is 3. The van der Waals surface area contributed by atoms with Crippen molar-refractivity contribution in [3.05, 3.63) is 47.5 Å². The molecule has 0 aliphatic heterocycles. The highest BCUT2D eigenvalue weighted by atomic mass is 19.4. The molecule has 9 heteroatoms. The number of para-hydroxylation sites is 1. The number of nitrogens with zero attached hydrogens (tertiary/aromatic N) is 2. The van der Waals surface area contributed by atoms with Gasteiger partial charge in [0.05, 0.1) is 33.5 Å². The van der Waals surface area contributed by atoms with Crippen LogP contribution in [0.1, 0.15) is 42.6 Å². The van der Waals surface area contributed by atoms with E-state index in [4.69, 9.17) is 0 Å². The third kappa shape index (κ3) is 4.50. The summed E-state index contributed by atoms with van der Waals surface area (Å²) in [6, 6.07) is 8.25. The number of hydrogen-bond acceptors (Lipinski definition) is 4. The van der Waals surface area contributed by atoms with Gasteiger partial charge in [-0.25, -0.2) is 9.78 Å². The van der Waals surface area contributed by atoms with Crippen molar-refractivity contribution in [2.75, 3.05) is 23.3 Å². The molecule has 0 aliphatic carbocycles. The lowest BCUT2D eigenvalue weighted by atomic mass is 10.1. The zero-order chi connectivity index (χ0) is 21.9. The summed E-state index contributed by atoms with van der Waals surface area (Å²) in [6.07, 6.45) is -2.82. The molecule has 3 aromatic rings. The zero-order valence-corrected chi connectivity index (χ0v) is 16.7. The van der Waals surface area contributed by atoms with E-state index >= 15 is 0 Å². The first kappa shape index (κ1) is 21.5. The van der Waals surface area contributed by atoms with Crippen molar-refractivity contribution < 1.29 is 23.1 Å². The first-order chi connectivity index (χ1) is 14.2. The monoisotopic (exact) mass is 420 g/mol. The van der Waals surface area contributed by atoms with Crippen LogP contribution in [-0.2, 0) is 6.18 Å². The Morgan fingerprint density at radius 2 is 1.83 bits per heavy atom. The number of carboxylic acid groups (broad SMARTS) is 1. The average molecular weight is 420 g/mol. The van der Waals surface area contributed by atoms with Gasteiger partial charge in [0.1, 0.15) is 0 Å². The Balaban J connectivity index is 2.04. The number of rotatable bonds is 8. The number of aromatic carboxylic acids is 1. The van der Waals surface area contributed by atoms with Crippen LogP contribution in [0.4, 0.5) is 30.5 Å². The largest absolute Gasteiger partial charge is 0.478 e. The number of fused-ring (bicyclic) bond motifs is 1. The molecule has 0 saturated heterocycles. The Hall–Kier alpha value is -3.23. The zero-order valence-electron chi connectivity index (χ0n) is 16.7. The minimum atomic E-state index is -4.51. The molecule has 0 atom stereocenters. The van der Waals surface area contributed by atoms with Gasteiger partial charge in [-0.05, 0) is 37.1 Å². The Bertz CT molecular complexity index is 1040. The van der Waals surface area contributed by atoms with Crippen LogP contribution in [0.25, 0.3) is 11.0 Å². The smallest absolute Gasteiger partial charge is 0.418 e. The number of aromatic amines is 1. The second kappa shape index (κ2) is 8.64. The van der Waals surface area contributed by atoms with Gasteiger partial charge in [-0.15, -0.1) is 0 Å². The van der Waals surface area contributed by atoms with E-state index in [1.54, 1.807) is 6.07 Å². The predicted octanol–water partition coefficient (Wildman–Crippen LogP) is 5.65. The number of halogens is 3. The first-order valence-electron chi connectivity index (χ1n) is 9.69. The molecule has 0 unspecified atom stereocenters. The van der Waals surface area contributed by atoms with Gasteiger partial charge >= 0.3 is 12.1 Å². The fraction of sp³-hybridized carbons (Fsp3) is 0.333. The summed E-state index contributed by atoms with van der Waals surface area (Å²) in [5.41, 5.74) is 0.619. The quantitative estimate of drug-likeness (QED) is 0.439.